The van der Waals surface area contributed by atoms with E-state index in [4.69, 9.17) is 9.84 Å². The Morgan fingerprint density at radius 2 is 1.70 bits per heavy atom. The van der Waals surface area contributed by atoms with Crippen LogP contribution in [0.1, 0.15) is 46.0 Å². The molecule has 2 amide bonds. The molecule has 6 nitrogen and oxygen atoms in total. The number of amides is 2. The van der Waals surface area contributed by atoms with Crippen molar-refractivity contribution in [2.75, 3.05) is 26.3 Å². The van der Waals surface area contributed by atoms with Crippen LogP contribution in [-0.4, -0.2) is 43.4 Å². The first-order chi connectivity index (χ1) is 9.52. The van der Waals surface area contributed by atoms with Crippen LogP contribution in [0.5, 0.6) is 0 Å². The molecule has 0 saturated heterocycles. The highest BCUT2D eigenvalue weighted by Crippen LogP contribution is 2.01. The van der Waals surface area contributed by atoms with E-state index < -0.39 is 5.97 Å². The molecule has 0 aromatic carbocycles. The second-order valence-corrected chi connectivity index (χ2v) is 5.21. The van der Waals surface area contributed by atoms with Gasteiger partial charge in [0.25, 0.3) is 0 Å². The number of carbonyl (C=O) groups is 2. The lowest BCUT2D eigenvalue weighted by Gasteiger charge is -2.09. The van der Waals surface area contributed by atoms with Crippen LogP contribution < -0.4 is 10.6 Å². The second-order valence-electron chi connectivity index (χ2n) is 5.21. The number of carboxylic acids is 1. The van der Waals surface area contributed by atoms with Gasteiger partial charge in [-0.1, -0.05) is 26.7 Å². The zero-order valence-corrected chi connectivity index (χ0v) is 12.6. The van der Waals surface area contributed by atoms with Crippen LogP contribution in [0.25, 0.3) is 0 Å². The minimum Gasteiger partial charge on any atom is -0.481 e. The average molecular weight is 288 g/mol. The van der Waals surface area contributed by atoms with Crippen molar-refractivity contribution in [2.45, 2.75) is 46.0 Å². The Bertz CT molecular complexity index is 270. The number of ether oxygens (including phenoxy) is 1. The third-order valence-electron chi connectivity index (χ3n) is 2.59. The van der Waals surface area contributed by atoms with Gasteiger partial charge in [0, 0.05) is 26.1 Å². The van der Waals surface area contributed by atoms with Gasteiger partial charge in [0.2, 0.25) is 0 Å². The van der Waals surface area contributed by atoms with Gasteiger partial charge in [-0.05, 0) is 18.8 Å². The van der Waals surface area contributed by atoms with Gasteiger partial charge >= 0.3 is 12.0 Å². The Labute approximate surface area is 121 Å². The minimum atomic E-state index is -0.748. The highest BCUT2D eigenvalue weighted by molar-refractivity contribution is 5.73. The Morgan fingerprint density at radius 1 is 1.05 bits per heavy atom. The van der Waals surface area contributed by atoms with Gasteiger partial charge in [0.1, 0.15) is 0 Å². The van der Waals surface area contributed by atoms with Crippen molar-refractivity contribution in [3.63, 3.8) is 0 Å². The molecule has 0 aromatic heterocycles. The summed E-state index contributed by atoms with van der Waals surface area (Å²) < 4.78 is 5.34. The Balaban J connectivity index is 3.22. The summed E-state index contributed by atoms with van der Waals surface area (Å²) in [7, 11) is 0. The number of rotatable bonds is 12. The quantitative estimate of drug-likeness (QED) is 0.479. The summed E-state index contributed by atoms with van der Waals surface area (Å²) in [5, 5.41) is 13.9. The third-order valence-corrected chi connectivity index (χ3v) is 2.59. The van der Waals surface area contributed by atoms with E-state index in [1.54, 1.807) is 0 Å². The molecule has 20 heavy (non-hydrogen) atoms. The number of aliphatic carboxylic acids is 1. The molecule has 0 unspecified atom stereocenters. The number of hydrogen-bond donors (Lipinski definition) is 3. The SMILES string of the molecule is CC(C)COCCNC(=O)NCCCCCCC(=O)O. The molecule has 0 aliphatic carbocycles. The largest absolute Gasteiger partial charge is 0.481 e. The summed E-state index contributed by atoms with van der Waals surface area (Å²) in [6.45, 7) is 6.52. The summed E-state index contributed by atoms with van der Waals surface area (Å²) in [6, 6.07) is -0.177. The van der Waals surface area contributed by atoms with Gasteiger partial charge in [-0.3, -0.25) is 4.79 Å². The van der Waals surface area contributed by atoms with E-state index in [9.17, 15) is 9.59 Å². The van der Waals surface area contributed by atoms with Crippen LogP contribution >= 0.6 is 0 Å². The fourth-order valence-electron chi connectivity index (χ4n) is 1.57. The van der Waals surface area contributed by atoms with Crippen molar-refractivity contribution in [3.8, 4) is 0 Å². The van der Waals surface area contributed by atoms with Gasteiger partial charge < -0.3 is 20.5 Å². The van der Waals surface area contributed by atoms with Gasteiger partial charge in [-0.15, -0.1) is 0 Å². The summed E-state index contributed by atoms with van der Waals surface area (Å²) in [4.78, 5) is 21.6. The van der Waals surface area contributed by atoms with Crippen molar-refractivity contribution < 1.29 is 19.4 Å². The van der Waals surface area contributed by atoms with Crippen LogP contribution in [0, 0.1) is 5.92 Å². The number of unbranched alkanes of at least 4 members (excludes halogenated alkanes) is 3. The van der Waals surface area contributed by atoms with E-state index in [1.165, 1.54) is 0 Å². The minimum absolute atomic E-state index is 0.177. The van der Waals surface area contributed by atoms with Gasteiger partial charge in [-0.2, -0.15) is 0 Å². The molecule has 0 radical (unpaired) electrons. The first-order valence-corrected chi connectivity index (χ1v) is 7.33. The van der Waals surface area contributed by atoms with E-state index >= 15 is 0 Å². The van der Waals surface area contributed by atoms with Crippen LogP contribution in [-0.2, 0) is 9.53 Å². The predicted molar refractivity (Wildman–Crippen MR) is 77.8 cm³/mol. The average Bonchev–Trinajstić information content (AvgIpc) is 2.36. The molecular formula is C14H28N2O4. The molecule has 0 saturated carbocycles. The lowest BCUT2D eigenvalue weighted by atomic mass is 10.1. The maximum absolute atomic E-state index is 11.4. The molecule has 0 aliphatic rings. The topological polar surface area (TPSA) is 87.7 Å². The second kappa shape index (κ2) is 12.7. The molecule has 3 N–H and O–H groups in total. The fourth-order valence-corrected chi connectivity index (χ4v) is 1.57. The lowest BCUT2D eigenvalue weighted by Crippen LogP contribution is -2.37. The van der Waals surface area contributed by atoms with Gasteiger partial charge in [-0.25, -0.2) is 4.79 Å². The summed E-state index contributed by atoms with van der Waals surface area (Å²) in [5.41, 5.74) is 0. The van der Waals surface area contributed by atoms with Crippen molar-refractivity contribution in [2.24, 2.45) is 5.92 Å². The van der Waals surface area contributed by atoms with E-state index in [1.807, 2.05) is 0 Å². The number of hydrogen-bond acceptors (Lipinski definition) is 3. The van der Waals surface area contributed by atoms with Crippen LogP contribution in [0.2, 0.25) is 0 Å². The zero-order chi connectivity index (χ0) is 15.2. The van der Waals surface area contributed by atoms with Crippen molar-refractivity contribution >= 4 is 12.0 Å². The van der Waals surface area contributed by atoms with Crippen molar-refractivity contribution in [1.29, 1.82) is 0 Å². The fraction of sp³-hybridized carbons (Fsp3) is 0.857. The first-order valence-electron chi connectivity index (χ1n) is 7.33. The van der Waals surface area contributed by atoms with E-state index in [-0.39, 0.29) is 12.5 Å². The third kappa shape index (κ3) is 14.8. The standard InChI is InChI=1S/C14H28N2O4/c1-12(2)11-20-10-9-16-14(19)15-8-6-4-3-5-7-13(17)18/h12H,3-11H2,1-2H3,(H,17,18)(H2,15,16,19). The molecule has 0 bridgehead atoms. The van der Waals surface area contributed by atoms with E-state index in [0.717, 1.165) is 19.3 Å². The molecule has 0 spiro atoms. The monoisotopic (exact) mass is 288 g/mol. The molecule has 0 fully saturated rings. The Kier molecular flexibility index (Phi) is 11.9. The highest BCUT2D eigenvalue weighted by Gasteiger charge is 2.00. The maximum atomic E-state index is 11.4. The number of urea groups is 1. The van der Waals surface area contributed by atoms with Crippen LogP contribution in [0.15, 0.2) is 0 Å². The number of carbonyl (C=O) groups excluding carboxylic acids is 1. The van der Waals surface area contributed by atoms with Gasteiger partial charge in [0.15, 0.2) is 0 Å². The van der Waals surface area contributed by atoms with Crippen molar-refractivity contribution in [1.82, 2.24) is 10.6 Å². The molecule has 0 heterocycles. The molecule has 0 rings (SSSR count). The summed E-state index contributed by atoms with van der Waals surface area (Å²) in [6.07, 6.45) is 3.62. The summed E-state index contributed by atoms with van der Waals surface area (Å²) in [5.74, 6) is -0.243. The molecule has 6 heteroatoms. The Hall–Kier alpha value is -1.30. The number of nitrogens with one attached hydrogen (secondary N) is 2. The van der Waals surface area contributed by atoms with E-state index in [0.29, 0.717) is 38.6 Å². The lowest BCUT2D eigenvalue weighted by molar-refractivity contribution is -0.137. The van der Waals surface area contributed by atoms with Crippen LogP contribution in [0.3, 0.4) is 0 Å². The van der Waals surface area contributed by atoms with Crippen molar-refractivity contribution in [3.05, 3.63) is 0 Å². The molecule has 0 aliphatic heterocycles. The first kappa shape index (κ1) is 18.7. The smallest absolute Gasteiger partial charge is 0.314 e. The molecule has 0 aromatic rings. The number of carboxylic acid groups (broad SMARTS) is 1. The Morgan fingerprint density at radius 3 is 2.35 bits per heavy atom. The summed E-state index contributed by atoms with van der Waals surface area (Å²) >= 11 is 0. The molecule has 118 valence electrons. The van der Waals surface area contributed by atoms with Gasteiger partial charge in [0.05, 0.1) is 6.61 Å². The van der Waals surface area contributed by atoms with Crippen LogP contribution in [0.4, 0.5) is 4.79 Å². The molecule has 0 atom stereocenters. The molecular weight excluding hydrogens is 260 g/mol. The highest BCUT2D eigenvalue weighted by atomic mass is 16.5. The van der Waals surface area contributed by atoms with E-state index in [2.05, 4.69) is 24.5 Å². The normalized spacial score (nSPS) is 10.6. The maximum Gasteiger partial charge on any atom is 0.314 e. The predicted octanol–water partition coefficient (Wildman–Crippen LogP) is 1.99. The zero-order valence-electron chi connectivity index (χ0n) is 12.6.